The van der Waals surface area contributed by atoms with Crippen LogP contribution < -0.4 is 10.2 Å². The third-order valence-electron chi connectivity index (χ3n) is 4.43. The second-order valence-corrected chi connectivity index (χ2v) is 8.11. The lowest BCUT2D eigenvalue weighted by Gasteiger charge is -2.12. The van der Waals surface area contributed by atoms with Gasteiger partial charge in [-0.2, -0.15) is 0 Å². The molecular weight excluding hydrogens is 401 g/mol. The summed E-state index contributed by atoms with van der Waals surface area (Å²) in [6.45, 7) is 2.18. The van der Waals surface area contributed by atoms with Gasteiger partial charge >= 0.3 is 0 Å². The molecule has 0 bridgehead atoms. The molecule has 1 aliphatic rings. The molecule has 138 valence electrons. The average Bonchev–Trinajstić information content (AvgIpc) is 3.33. The van der Waals surface area contributed by atoms with Crippen molar-refractivity contribution in [2.24, 2.45) is 0 Å². The van der Waals surface area contributed by atoms with Crippen LogP contribution in [0.4, 0.5) is 10.8 Å². The Morgan fingerprint density at radius 1 is 1.04 bits per heavy atom. The monoisotopic (exact) mass is 417 g/mol. The molecule has 0 spiro atoms. The van der Waals surface area contributed by atoms with Crippen molar-refractivity contribution in [3.63, 3.8) is 0 Å². The molecule has 3 aromatic rings. The first-order chi connectivity index (χ1) is 13.1. The first kappa shape index (κ1) is 18.3. The van der Waals surface area contributed by atoms with E-state index in [4.69, 9.17) is 28.2 Å². The van der Waals surface area contributed by atoms with E-state index in [9.17, 15) is 4.79 Å². The van der Waals surface area contributed by atoms with Gasteiger partial charge in [0.25, 0.3) is 5.91 Å². The summed E-state index contributed by atoms with van der Waals surface area (Å²) in [7, 11) is 0. The molecule has 0 saturated carbocycles. The second kappa shape index (κ2) is 7.89. The van der Waals surface area contributed by atoms with Gasteiger partial charge in [-0.25, -0.2) is 4.98 Å². The van der Waals surface area contributed by atoms with Crippen molar-refractivity contribution in [1.29, 1.82) is 0 Å². The number of nitrogens with one attached hydrogen (secondary N) is 1. The van der Waals surface area contributed by atoms with Crippen LogP contribution in [-0.2, 0) is 0 Å². The lowest BCUT2D eigenvalue weighted by molar-refractivity contribution is 0.102. The molecule has 1 amide bonds. The number of carbonyl (C=O) groups excluding carboxylic acids is 1. The van der Waals surface area contributed by atoms with Crippen LogP contribution >= 0.6 is 34.5 Å². The number of nitrogens with zero attached hydrogens (tertiary/aromatic N) is 2. The summed E-state index contributed by atoms with van der Waals surface area (Å²) in [6.07, 6.45) is 2.47. The normalized spacial score (nSPS) is 13.8. The van der Waals surface area contributed by atoms with Gasteiger partial charge in [0, 0.05) is 45.3 Å². The van der Waals surface area contributed by atoms with Gasteiger partial charge in [0.2, 0.25) is 0 Å². The number of halogens is 2. The lowest BCUT2D eigenvalue weighted by Crippen LogP contribution is -2.17. The fraction of sp³-hybridized carbons (Fsp3) is 0.200. The molecule has 2 aromatic carbocycles. The van der Waals surface area contributed by atoms with Crippen LogP contribution in [0.25, 0.3) is 11.3 Å². The number of carbonyl (C=O) groups is 1. The van der Waals surface area contributed by atoms with Crippen LogP contribution in [0.5, 0.6) is 0 Å². The molecule has 2 heterocycles. The number of thiazole rings is 1. The molecule has 0 unspecified atom stereocenters. The van der Waals surface area contributed by atoms with E-state index in [0.29, 0.717) is 21.3 Å². The minimum Gasteiger partial charge on any atom is -0.348 e. The summed E-state index contributed by atoms with van der Waals surface area (Å²) in [5, 5.41) is 6.88. The Labute approximate surface area is 171 Å². The van der Waals surface area contributed by atoms with Crippen LogP contribution in [0.3, 0.4) is 0 Å². The van der Waals surface area contributed by atoms with E-state index in [-0.39, 0.29) is 5.91 Å². The SMILES string of the molecule is O=C(Nc1ccc(-c2csc(N3CCCC3)n2)cc1)c1cc(Cl)cc(Cl)c1. The lowest BCUT2D eigenvalue weighted by atomic mass is 10.1. The molecular formula is C20H17Cl2N3OS. The molecule has 4 rings (SSSR count). The van der Waals surface area contributed by atoms with Gasteiger partial charge in [-0.3, -0.25) is 4.79 Å². The van der Waals surface area contributed by atoms with Crippen LogP contribution in [0.1, 0.15) is 23.2 Å². The molecule has 1 fully saturated rings. The maximum Gasteiger partial charge on any atom is 0.255 e. The Morgan fingerprint density at radius 2 is 1.70 bits per heavy atom. The van der Waals surface area contributed by atoms with E-state index in [1.165, 1.54) is 12.8 Å². The Hall–Kier alpha value is -2.08. The number of amides is 1. The van der Waals surface area contributed by atoms with E-state index >= 15 is 0 Å². The number of rotatable bonds is 4. The summed E-state index contributed by atoms with van der Waals surface area (Å²) in [5.74, 6) is -0.253. The number of aromatic nitrogens is 1. The molecule has 1 N–H and O–H groups in total. The summed E-state index contributed by atoms with van der Waals surface area (Å²) >= 11 is 13.6. The standard InChI is InChI=1S/C20H17Cl2N3OS/c21-15-9-14(10-16(22)11-15)19(26)23-17-5-3-13(4-6-17)18-12-27-20(24-18)25-7-1-2-8-25/h3-6,9-12H,1-2,7-8H2,(H,23,26). The van der Waals surface area contributed by atoms with Gasteiger partial charge in [0.1, 0.15) is 0 Å². The zero-order chi connectivity index (χ0) is 18.8. The highest BCUT2D eigenvalue weighted by molar-refractivity contribution is 7.14. The molecule has 1 aromatic heterocycles. The third-order valence-corrected chi connectivity index (χ3v) is 5.77. The summed E-state index contributed by atoms with van der Waals surface area (Å²) in [4.78, 5) is 19.5. The Kier molecular flexibility index (Phi) is 5.34. The fourth-order valence-corrected chi connectivity index (χ4v) is 4.48. The highest BCUT2D eigenvalue weighted by atomic mass is 35.5. The average molecular weight is 418 g/mol. The first-order valence-corrected chi connectivity index (χ1v) is 10.3. The topological polar surface area (TPSA) is 45.2 Å². The second-order valence-electron chi connectivity index (χ2n) is 6.40. The largest absolute Gasteiger partial charge is 0.348 e. The molecule has 0 radical (unpaired) electrons. The Bertz CT molecular complexity index is 945. The maximum atomic E-state index is 12.4. The Morgan fingerprint density at radius 3 is 2.37 bits per heavy atom. The third kappa shape index (κ3) is 4.26. The quantitative estimate of drug-likeness (QED) is 0.568. The molecule has 1 saturated heterocycles. The van der Waals surface area contributed by atoms with Crippen LogP contribution in [0.2, 0.25) is 10.0 Å². The van der Waals surface area contributed by atoms with Gasteiger partial charge in [0.15, 0.2) is 5.13 Å². The number of hydrogen-bond acceptors (Lipinski definition) is 4. The van der Waals surface area contributed by atoms with Crippen molar-refractivity contribution >= 4 is 51.3 Å². The van der Waals surface area contributed by atoms with Gasteiger partial charge in [-0.05, 0) is 43.2 Å². The van der Waals surface area contributed by atoms with Crippen molar-refractivity contribution < 1.29 is 4.79 Å². The number of anilines is 2. The minimum absolute atomic E-state index is 0.253. The van der Waals surface area contributed by atoms with Gasteiger partial charge < -0.3 is 10.2 Å². The van der Waals surface area contributed by atoms with Crippen molar-refractivity contribution in [1.82, 2.24) is 4.98 Å². The zero-order valence-electron chi connectivity index (χ0n) is 14.4. The molecule has 4 nitrogen and oxygen atoms in total. The molecule has 0 aliphatic carbocycles. The molecule has 7 heteroatoms. The Balaban J connectivity index is 1.46. The number of hydrogen-bond donors (Lipinski definition) is 1. The van der Waals surface area contributed by atoms with Crippen molar-refractivity contribution in [3.8, 4) is 11.3 Å². The molecule has 1 aliphatic heterocycles. The van der Waals surface area contributed by atoms with Crippen molar-refractivity contribution in [2.75, 3.05) is 23.3 Å². The predicted octanol–water partition coefficient (Wildman–Crippen LogP) is 5.97. The van der Waals surface area contributed by atoms with Gasteiger partial charge in [0.05, 0.1) is 5.69 Å². The molecule has 27 heavy (non-hydrogen) atoms. The first-order valence-electron chi connectivity index (χ1n) is 8.67. The van der Waals surface area contributed by atoms with Gasteiger partial charge in [-0.1, -0.05) is 35.3 Å². The summed E-state index contributed by atoms with van der Waals surface area (Å²) in [6, 6.07) is 12.4. The molecule has 0 atom stereocenters. The van der Waals surface area contributed by atoms with Crippen LogP contribution in [-0.4, -0.2) is 24.0 Å². The summed E-state index contributed by atoms with van der Waals surface area (Å²) in [5.41, 5.74) is 3.11. The van der Waals surface area contributed by atoms with Crippen molar-refractivity contribution in [2.45, 2.75) is 12.8 Å². The van der Waals surface area contributed by atoms with Crippen LogP contribution in [0.15, 0.2) is 47.8 Å². The predicted molar refractivity (Wildman–Crippen MR) is 113 cm³/mol. The van der Waals surface area contributed by atoms with E-state index in [0.717, 1.165) is 29.5 Å². The summed E-state index contributed by atoms with van der Waals surface area (Å²) < 4.78 is 0. The van der Waals surface area contributed by atoms with Crippen LogP contribution in [0, 0.1) is 0 Å². The highest BCUT2D eigenvalue weighted by Gasteiger charge is 2.16. The maximum absolute atomic E-state index is 12.4. The number of benzene rings is 2. The zero-order valence-corrected chi connectivity index (χ0v) is 16.7. The highest BCUT2D eigenvalue weighted by Crippen LogP contribution is 2.30. The fourth-order valence-electron chi connectivity index (χ4n) is 3.06. The smallest absolute Gasteiger partial charge is 0.255 e. The minimum atomic E-state index is -0.253. The van der Waals surface area contributed by atoms with E-state index in [2.05, 4.69) is 15.6 Å². The van der Waals surface area contributed by atoms with E-state index in [1.54, 1.807) is 29.5 Å². The van der Waals surface area contributed by atoms with E-state index in [1.807, 2.05) is 24.3 Å². The van der Waals surface area contributed by atoms with Crippen molar-refractivity contribution in [3.05, 3.63) is 63.5 Å². The van der Waals surface area contributed by atoms with E-state index < -0.39 is 0 Å². The van der Waals surface area contributed by atoms with Gasteiger partial charge in [-0.15, -0.1) is 11.3 Å².